The first-order valence-corrected chi connectivity index (χ1v) is 6.61. The van der Waals surface area contributed by atoms with Crippen LogP contribution in [0, 0.1) is 0 Å². The third kappa shape index (κ3) is 2.33. The molecule has 3 N–H and O–H groups in total. The van der Waals surface area contributed by atoms with E-state index in [1.807, 2.05) is 6.07 Å². The first-order valence-electron chi connectivity index (χ1n) is 6.61. The van der Waals surface area contributed by atoms with Crippen molar-refractivity contribution in [2.24, 2.45) is 5.73 Å². The Morgan fingerprint density at radius 1 is 1.42 bits per heavy atom. The van der Waals surface area contributed by atoms with Gasteiger partial charge in [0, 0.05) is 30.4 Å². The van der Waals surface area contributed by atoms with Crippen LogP contribution in [0.15, 0.2) is 18.2 Å². The van der Waals surface area contributed by atoms with Crippen LogP contribution in [-0.4, -0.2) is 35.8 Å². The quantitative estimate of drug-likeness (QED) is 0.781. The molecule has 3 rings (SSSR count). The number of fused-ring (bicyclic) bond motifs is 1. The van der Waals surface area contributed by atoms with E-state index in [0.717, 1.165) is 30.6 Å². The van der Waals surface area contributed by atoms with Crippen molar-refractivity contribution >= 4 is 17.5 Å². The SMILES string of the molecule is NC1CCCN(C(=O)c2ccc3c(c2)NC(=O)C3)C1. The lowest BCUT2D eigenvalue weighted by Gasteiger charge is -2.30. The molecular weight excluding hydrogens is 242 g/mol. The minimum atomic E-state index is -0.0143. The molecule has 0 aliphatic carbocycles. The summed E-state index contributed by atoms with van der Waals surface area (Å²) >= 11 is 0. The smallest absolute Gasteiger partial charge is 0.253 e. The van der Waals surface area contributed by atoms with Gasteiger partial charge in [0.1, 0.15) is 0 Å². The van der Waals surface area contributed by atoms with E-state index in [-0.39, 0.29) is 17.9 Å². The molecule has 19 heavy (non-hydrogen) atoms. The second-order valence-electron chi connectivity index (χ2n) is 5.25. The fourth-order valence-corrected chi connectivity index (χ4v) is 2.72. The number of hydrogen-bond donors (Lipinski definition) is 2. The van der Waals surface area contributed by atoms with Crippen LogP contribution in [0.2, 0.25) is 0 Å². The third-order valence-corrected chi connectivity index (χ3v) is 3.73. The van der Waals surface area contributed by atoms with Crippen molar-refractivity contribution in [1.29, 1.82) is 0 Å². The van der Waals surface area contributed by atoms with Crippen molar-refractivity contribution in [3.63, 3.8) is 0 Å². The molecule has 2 aliphatic heterocycles. The van der Waals surface area contributed by atoms with E-state index in [1.165, 1.54) is 0 Å². The zero-order valence-corrected chi connectivity index (χ0v) is 10.7. The highest BCUT2D eigenvalue weighted by molar-refractivity contribution is 6.02. The van der Waals surface area contributed by atoms with Gasteiger partial charge in [0.2, 0.25) is 5.91 Å². The molecule has 1 saturated heterocycles. The summed E-state index contributed by atoms with van der Waals surface area (Å²) in [5, 5.41) is 2.77. The van der Waals surface area contributed by atoms with Gasteiger partial charge in [-0.2, -0.15) is 0 Å². The van der Waals surface area contributed by atoms with Crippen LogP contribution in [0.5, 0.6) is 0 Å². The van der Waals surface area contributed by atoms with Crippen molar-refractivity contribution < 1.29 is 9.59 Å². The van der Waals surface area contributed by atoms with Gasteiger partial charge in [-0.05, 0) is 30.5 Å². The number of hydrogen-bond acceptors (Lipinski definition) is 3. The fraction of sp³-hybridized carbons (Fsp3) is 0.429. The van der Waals surface area contributed by atoms with Crippen molar-refractivity contribution in [3.05, 3.63) is 29.3 Å². The Kier molecular flexibility index (Phi) is 2.98. The van der Waals surface area contributed by atoms with Crippen LogP contribution < -0.4 is 11.1 Å². The maximum atomic E-state index is 12.4. The van der Waals surface area contributed by atoms with E-state index >= 15 is 0 Å². The van der Waals surface area contributed by atoms with Gasteiger partial charge in [-0.25, -0.2) is 0 Å². The van der Waals surface area contributed by atoms with Gasteiger partial charge in [-0.3, -0.25) is 9.59 Å². The van der Waals surface area contributed by atoms with Gasteiger partial charge >= 0.3 is 0 Å². The second-order valence-corrected chi connectivity index (χ2v) is 5.25. The number of anilines is 1. The summed E-state index contributed by atoms with van der Waals surface area (Å²) in [5.41, 5.74) is 8.24. The molecule has 1 fully saturated rings. The highest BCUT2D eigenvalue weighted by atomic mass is 16.2. The Hall–Kier alpha value is -1.88. The fourth-order valence-electron chi connectivity index (χ4n) is 2.72. The molecule has 1 unspecified atom stereocenters. The third-order valence-electron chi connectivity index (χ3n) is 3.73. The summed E-state index contributed by atoms with van der Waals surface area (Å²) in [4.78, 5) is 25.5. The molecule has 1 aromatic rings. The Bertz CT molecular complexity index is 541. The van der Waals surface area contributed by atoms with Crippen molar-refractivity contribution in [2.45, 2.75) is 25.3 Å². The molecule has 100 valence electrons. The van der Waals surface area contributed by atoms with Crippen LogP contribution in [0.4, 0.5) is 5.69 Å². The molecule has 1 atom stereocenters. The van der Waals surface area contributed by atoms with E-state index in [9.17, 15) is 9.59 Å². The molecule has 0 bridgehead atoms. The number of carbonyl (C=O) groups excluding carboxylic acids is 2. The summed E-state index contributed by atoms with van der Waals surface area (Å²) in [5.74, 6) is -0.0151. The maximum absolute atomic E-state index is 12.4. The molecule has 2 aliphatic rings. The number of nitrogens with zero attached hydrogens (tertiary/aromatic N) is 1. The molecule has 0 saturated carbocycles. The number of nitrogens with one attached hydrogen (secondary N) is 1. The van der Waals surface area contributed by atoms with Gasteiger partial charge in [0.15, 0.2) is 0 Å². The zero-order chi connectivity index (χ0) is 13.4. The lowest BCUT2D eigenvalue weighted by atomic mass is 10.0. The molecule has 0 aromatic heterocycles. The first-order chi connectivity index (χ1) is 9.13. The van der Waals surface area contributed by atoms with Crippen molar-refractivity contribution in [2.75, 3.05) is 18.4 Å². The summed E-state index contributed by atoms with van der Waals surface area (Å²) in [7, 11) is 0. The van der Waals surface area contributed by atoms with Gasteiger partial charge < -0.3 is 16.0 Å². The molecular formula is C14H17N3O2. The predicted octanol–water partition coefficient (Wildman–Crippen LogP) is 0.744. The molecule has 5 nitrogen and oxygen atoms in total. The Morgan fingerprint density at radius 2 is 2.26 bits per heavy atom. The maximum Gasteiger partial charge on any atom is 0.253 e. The lowest BCUT2D eigenvalue weighted by Crippen LogP contribution is -2.45. The van der Waals surface area contributed by atoms with E-state index in [0.29, 0.717) is 18.5 Å². The van der Waals surface area contributed by atoms with Crippen LogP contribution in [-0.2, 0) is 11.2 Å². The molecule has 0 radical (unpaired) electrons. The average Bonchev–Trinajstić information content (AvgIpc) is 2.76. The van der Waals surface area contributed by atoms with E-state index in [1.54, 1.807) is 17.0 Å². The van der Waals surface area contributed by atoms with Gasteiger partial charge in [-0.15, -0.1) is 0 Å². The number of rotatable bonds is 1. The Morgan fingerprint density at radius 3 is 3.05 bits per heavy atom. The number of likely N-dealkylation sites (tertiary alicyclic amines) is 1. The highest BCUT2D eigenvalue weighted by Gasteiger charge is 2.24. The zero-order valence-electron chi connectivity index (χ0n) is 10.7. The van der Waals surface area contributed by atoms with Crippen LogP contribution >= 0.6 is 0 Å². The number of benzene rings is 1. The standard InChI is InChI=1S/C14H17N3O2/c15-11-2-1-5-17(8-11)14(19)10-4-3-9-7-13(18)16-12(9)6-10/h3-4,6,11H,1-2,5,7-8,15H2,(H,16,18). The van der Waals surface area contributed by atoms with Crippen LogP contribution in [0.3, 0.4) is 0 Å². The normalized spacial score (nSPS) is 22.1. The second kappa shape index (κ2) is 4.66. The molecule has 5 heteroatoms. The van der Waals surface area contributed by atoms with Crippen LogP contribution in [0.1, 0.15) is 28.8 Å². The first kappa shape index (κ1) is 12.2. The number of carbonyl (C=O) groups is 2. The minimum absolute atomic E-state index is 0.000834. The summed E-state index contributed by atoms with van der Waals surface area (Å²) in [6.45, 7) is 1.37. The van der Waals surface area contributed by atoms with Crippen molar-refractivity contribution in [1.82, 2.24) is 4.90 Å². The number of piperidine rings is 1. The van der Waals surface area contributed by atoms with Gasteiger partial charge in [0.25, 0.3) is 5.91 Å². The predicted molar refractivity (Wildman–Crippen MR) is 71.9 cm³/mol. The van der Waals surface area contributed by atoms with Gasteiger partial charge in [-0.1, -0.05) is 6.07 Å². The average molecular weight is 259 g/mol. The monoisotopic (exact) mass is 259 g/mol. The number of nitrogens with two attached hydrogens (primary N) is 1. The topological polar surface area (TPSA) is 75.4 Å². The molecule has 1 aromatic carbocycles. The Balaban J connectivity index is 1.81. The molecule has 2 amide bonds. The van der Waals surface area contributed by atoms with E-state index < -0.39 is 0 Å². The van der Waals surface area contributed by atoms with E-state index in [4.69, 9.17) is 5.73 Å². The number of amides is 2. The summed E-state index contributed by atoms with van der Waals surface area (Å²) in [6, 6.07) is 5.49. The summed E-state index contributed by atoms with van der Waals surface area (Å²) in [6.07, 6.45) is 2.33. The van der Waals surface area contributed by atoms with E-state index in [2.05, 4.69) is 5.32 Å². The molecule has 0 spiro atoms. The molecule has 2 heterocycles. The van der Waals surface area contributed by atoms with Crippen LogP contribution in [0.25, 0.3) is 0 Å². The van der Waals surface area contributed by atoms with Gasteiger partial charge in [0.05, 0.1) is 6.42 Å². The summed E-state index contributed by atoms with van der Waals surface area (Å²) < 4.78 is 0. The lowest BCUT2D eigenvalue weighted by molar-refractivity contribution is -0.115. The Labute approximate surface area is 111 Å². The minimum Gasteiger partial charge on any atom is -0.337 e. The van der Waals surface area contributed by atoms with Crippen molar-refractivity contribution in [3.8, 4) is 0 Å². The largest absolute Gasteiger partial charge is 0.337 e. The highest BCUT2D eigenvalue weighted by Crippen LogP contribution is 2.25.